The number of aliphatic hydroxyl groups excluding tert-OH is 1. The lowest BCUT2D eigenvalue weighted by Crippen LogP contribution is -2.30. The van der Waals surface area contributed by atoms with Gasteiger partial charge < -0.3 is 10.0 Å². The van der Waals surface area contributed by atoms with Gasteiger partial charge in [-0.15, -0.1) is 0 Å². The second-order valence-corrected chi connectivity index (χ2v) is 4.10. The van der Waals surface area contributed by atoms with E-state index in [0.29, 0.717) is 12.6 Å². The Morgan fingerprint density at radius 1 is 1.33 bits per heavy atom. The van der Waals surface area contributed by atoms with E-state index in [4.69, 9.17) is 5.11 Å². The first-order valence-electron chi connectivity index (χ1n) is 5.40. The smallest absolute Gasteiger partial charge is 0.226 e. The molecule has 82 valence electrons. The van der Waals surface area contributed by atoms with E-state index in [9.17, 15) is 0 Å². The van der Waals surface area contributed by atoms with E-state index in [-0.39, 0.29) is 6.61 Å². The van der Waals surface area contributed by atoms with Gasteiger partial charge in [-0.1, -0.05) is 0 Å². The second-order valence-electron chi connectivity index (χ2n) is 4.10. The highest BCUT2D eigenvalue weighted by molar-refractivity contribution is 5.35. The van der Waals surface area contributed by atoms with Gasteiger partial charge in [0.1, 0.15) is 0 Å². The number of hydrogen-bond donors (Lipinski definition) is 1. The van der Waals surface area contributed by atoms with E-state index in [1.807, 2.05) is 19.9 Å². The maximum absolute atomic E-state index is 9.02. The van der Waals surface area contributed by atoms with Crippen LogP contribution in [-0.2, 0) is 0 Å². The van der Waals surface area contributed by atoms with Crippen LogP contribution >= 0.6 is 0 Å². The van der Waals surface area contributed by atoms with Crippen LogP contribution in [-0.4, -0.2) is 34.3 Å². The minimum absolute atomic E-state index is 0.160. The lowest BCUT2D eigenvalue weighted by Gasteiger charge is -2.21. The number of aryl methyl sites for hydroxylation is 2. The van der Waals surface area contributed by atoms with Gasteiger partial charge in [0.05, 0.1) is 6.61 Å². The Balaban J connectivity index is 2.24. The Bertz CT molecular complexity index is 329. The zero-order valence-corrected chi connectivity index (χ0v) is 9.27. The largest absolute Gasteiger partial charge is 0.395 e. The molecule has 0 unspecified atom stereocenters. The molecule has 4 nitrogen and oxygen atoms in total. The fourth-order valence-electron chi connectivity index (χ4n) is 1.78. The molecule has 2 rings (SSSR count). The van der Waals surface area contributed by atoms with Gasteiger partial charge in [0.15, 0.2) is 0 Å². The fraction of sp³-hybridized carbons (Fsp3) is 0.636. The van der Waals surface area contributed by atoms with Crippen LogP contribution in [0.25, 0.3) is 0 Å². The number of nitrogens with zero attached hydrogens (tertiary/aromatic N) is 3. The van der Waals surface area contributed by atoms with Gasteiger partial charge in [0, 0.05) is 24.0 Å². The topological polar surface area (TPSA) is 49.2 Å². The Labute approximate surface area is 90.0 Å². The molecule has 0 atom stereocenters. The molecular weight excluding hydrogens is 190 g/mol. The fourth-order valence-corrected chi connectivity index (χ4v) is 1.78. The molecule has 0 saturated heterocycles. The average Bonchev–Trinajstić information content (AvgIpc) is 2.95. The third-order valence-corrected chi connectivity index (χ3v) is 2.56. The van der Waals surface area contributed by atoms with Crippen molar-refractivity contribution in [2.24, 2.45) is 0 Å². The second kappa shape index (κ2) is 4.14. The van der Waals surface area contributed by atoms with Crippen LogP contribution < -0.4 is 4.90 Å². The number of aliphatic hydroxyl groups is 1. The molecule has 1 aromatic rings. The van der Waals surface area contributed by atoms with Gasteiger partial charge in [-0.2, -0.15) is 0 Å². The Hall–Kier alpha value is -1.16. The highest BCUT2D eigenvalue weighted by atomic mass is 16.3. The van der Waals surface area contributed by atoms with Crippen molar-refractivity contribution in [1.29, 1.82) is 0 Å². The third-order valence-electron chi connectivity index (χ3n) is 2.56. The van der Waals surface area contributed by atoms with E-state index in [1.165, 1.54) is 12.8 Å². The van der Waals surface area contributed by atoms with E-state index >= 15 is 0 Å². The molecule has 0 bridgehead atoms. The summed E-state index contributed by atoms with van der Waals surface area (Å²) in [6, 6.07) is 2.51. The predicted molar refractivity (Wildman–Crippen MR) is 59.0 cm³/mol. The summed E-state index contributed by atoms with van der Waals surface area (Å²) in [7, 11) is 0. The summed E-state index contributed by atoms with van der Waals surface area (Å²) in [4.78, 5) is 10.9. The molecule has 1 heterocycles. The lowest BCUT2D eigenvalue weighted by atomic mass is 10.3. The van der Waals surface area contributed by atoms with Crippen LogP contribution in [0.4, 0.5) is 5.95 Å². The summed E-state index contributed by atoms with van der Waals surface area (Å²) in [5.41, 5.74) is 1.97. The van der Waals surface area contributed by atoms with Crippen molar-refractivity contribution in [1.82, 2.24) is 9.97 Å². The summed E-state index contributed by atoms with van der Waals surface area (Å²) >= 11 is 0. The maximum Gasteiger partial charge on any atom is 0.226 e. The lowest BCUT2D eigenvalue weighted by molar-refractivity contribution is 0.300. The number of rotatable bonds is 4. The maximum atomic E-state index is 9.02. The van der Waals surface area contributed by atoms with Crippen molar-refractivity contribution in [2.45, 2.75) is 32.7 Å². The van der Waals surface area contributed by atoms with Crippen molar-refractivity contribution in [3.8, 4) is 0 Å². The zero-order valence-electron chi connectivity index (χ0n) is 9.27. The van der Waals surface area contributed by atoms with Crippen LogP contribution in [0.2, 0.25) is 0 Å². The van der Waals surface area contributed by atoms with Crippen LogP contribution in [0, 0.1) is 13.8 Å². The van der Waals surface area contributed by atoms with E-state index in [0.717, 1.165) is 17.3 Å². The van der Waals surface area contributed by atoms with Gasteiger partial charge in [0.2, 0.25) is 5.95 Å². The normalized spacial score (nSPS) is 15.4. The van der Waals surface area contributed by atoms with Gasteiger partial charge in [-0.25, -0.2) is 9.97 Å². The van der Waals surface area contributed by atoms with Gasteiger partial charge in [0.25, 0.3) is 0 Å². The van der Waals surface area contributed by atoms with Gasteiger partial charge in [-0.3, -0.25) is 0 Å². The predicted octanol–water partition coefficient (Wildman–Crippen LogP) is 1.05. The van der Waals surface area contributed by atoms with Crippen molar-refractivity contribution in [3.05, 3.63) is 17.5 Å². The standard InChI is InChI=1S/C11H17N3O/c1-8-7-9(2)13-11(12-8)14(5-6-15)10-3-4-10/h7,10,15H,3-6H2,1-2H3. The first-order chi connectivity index (χ1) is 7.20. The molecule has 0 aliphatic heterocycles. The summed E-state index contributed by atoms with van der Waals surface area (Å²) < 4.78 is 0. The average molecular weight is 207 g/mol. The zero-order chi connectivity index (χ0) is 10.8. The highest BCUT2D eigenvalue weighted by Gasteiger charge is 2.30. The van der Waals surface area contributed by atoms with Gasteiger partial charge in [-0.05, 0) is 32.8 Å². The molecule has 0 radical (unpaired) electrons. The van der Waals surface area contributed by atoms with Crippen molar-refractivity contribution in [2.75, 3.05) is 18.1 Å². The summed E-state index contributed by atoms with van der Waals surface area (Å²) in [6.07, 6.45) is 2.38. The third kappa shape index (κ3) is 2.45. The molecule has 4 heteroatoms. The van der Waals surface area contributed by atoms with E-state index < -0.39 is 0 Å². The molecule has 0 spiro atoms. The molecule has 0 aromatic carbocycles. The summed E-state index contributed by atoms with van der Waals surface area (Å²) in [5, 5.41) is 9.02. The van der Waals surface area contributed by atoms with Crippen LogP contribution in [0.5, 0.6) is 0 Å². The van der Waals surface area contributed by atoms with Gasteiger partial charge >= 0.3 is 0 Å². The molecule has 1 saturated carbocycles. The Kier molecular flexibility index (Phi) is 2.86. The number of aromatic nitrogens is 2. The van der Waals surface area contributed by atoms with Crippen molar-refractivity contribution < 1.29 is 5.11 Å². The minimum Gasteiger partial charge on any atom is -0.395 e. The molecule has 0 amide bonds. The molecule has 1 fully saturated rings. The molecular formula is C11H17N3O. The first-order valence-corrected chi connectivity index (χ1v) is 5.40. The highest BCUT2D eigenvalue weighted by Crippen LogP contribution is 2.29. The van der Waals surface area contributed by atoms with E-state index in [2.05, 4.69) is 14.9 Å². The molecule has 1 aromatic heterocycles. The number of anilines is 1. The van der Waals surface area contributed by atoms with Crippen LogP contribution in [0.3, 0.4) is 0 Å². The summed E-state index contributed by atoms with van der Waals surface area (Å²) in [6.45, 7) is 4.74. The molecule has 1 N–H and O–H groups in total. The molecule has 15 heavy (non-hydrogen) atoms. The molecule has 1 aliphatic carbocycles. The quantitative estimate of drug-likeness (QED) is 0.802. The number of hydrogen-bond acceptors (Lipinski definition) is 4. The first kappa shape index (κ1) is 10.4. The SMILES string of the molecule is Cc1cc(C)nc(N(CCO)C2CC2)n1. The van der Waals surface area contributed by atoms with Crippen LogP contribution in [0.1, 0.15) is 24.2 Å². The van der Waals surface area contributed by atoms with Crippen molar-refractivity contribution >= 4 is 5.95 Å². The Morgan fingerprint density at radius 2 is 1.93 bits per heavy atom. The molecule has 1 aliphatic rings. The van der Waals surface area contributed by atoms with E-state index in [1.54, 1.807) is 0 Å². The summed E-state index contributed by atoms with van der Waals surface area (Å²) in [5.74, 6) is 0.768. The van der Waals surface area contributed by atoms with Crippen molar-refractivity contribution in [3.63, 3.8) is 0 Å². The van der Waals surface area contributed by atoms with Crippen LogP contribution in [0.15, 0.2) is 6.07 Å². The Morgan fingerprint density at radius 3 is 2.40 bits per heavy atom. The monoisotopic (exact) mass is 207 g/mol. The minimum atomic E-state index is 0.160.